The van der Waals surface area contributed by atoms with Gasteiger partial charge in [0.25, 0.3) is 0 Å². The van der Waals surface area contributed by atoms with Gasteiger partial charge < -0.3 is 10.3 Å². The van der Waals surface area contributed by atoms with Crippen molar-refractivity contribution in [3.05, 3.63) is 42.0 Å². The minimum Gasteiger partial charge on any atom is -0.326 e. The van der Waals surface area contributed by atoms with Gasteiger partial charge in [0.1, 0.15) is 5.82 Å². The largest absolute Gasteiger partial charge is 0.326 e. The zero-order chi connectivity index (χ0) is 12.3. The zero-order valence-electron chi connectivity index (χ0n) is 10.2. The summed E-state index contributed by atoms with van der Waals surface area (Å²) in [5.74, 6) is 1.07. The summed E-state index contributed by atoms with van der Waals surface area (Å²) >= 11 is 1.73. The van der Waals surface area contributed by atoms with Crippen LogP contribution in [0.4, 0.5) is 0 Å². The molecule has 1 aromatic carbocycles. The van der Waals surface area contributed by atoms with Gasteiger partial charge in [-0.2, -0.15) is 0 Å². The Kier molecular flexibility index (Phi) is 3.86. The molecule has 0 saturated carbocycles. The number of hydrogen-bond acceptors (Lipinski definition) is 3. The highest BCUT2D eigenvalue weighted by atomic mass is 32.2. The number of benzene rings is 1. The SMILES string of the molecule is CCc1nccn1-c1cccc(SC)c1CN. The van der Waals surface area contributed by atoms with E-state index in [0.29, 0.717) is 6.54 Å². The van der Waals surface area contributed by atoms with Crippen LogP contribution in [0.3, 0.4) is 0 Å². The van der Waals surface area contributed by atoms with E-state index in [-0.39, 0.29) is 0 Å². The first-order valence-electron chi connectivity index (χ1n) is 5.70. The van der Waals surface area contributed by atoms with Crippen LogP contribution in [0.15, 0.2) is 35.5 Å². The van der Waals surface area contributed by atoms with Crippen LogP contribution in [0.2, 0.25) is 0 Å². The first-order valence-corrected chi connectivity index (χ1v) is 6.92. The molecular formula is C13H17N3S. The molecule has 17 heavy (non-hydrogen) atoms. The van der Waals surface area contributed by atoms with Crippen LogP contribution in [0.1, 0.15) is 18.3 Å². The number of nitrogens with zero attached hydrogens (tertiary/aromatic N) is 2. The Morgan fingerprint density at radius 2 is 2.24 bits per heavy atom. The molecule has 1 heterocycles. The molecule has 1 aromatic heterocycles. The first-order chi connectivity index (χ1) is 8.31. The smallest absolute Gasteiger partial charge is 0.112 e. The summed E-state index contributed by atoms with van der Waals surface area (Å²) in [4.78, 5) is 5.59. The third kappa shape index (κ3) is 2.23. The van der Waals surface area contributed by atoms with Crippen molar-refractivity contribution in [1.82, 2.24) is 9.55 Å². The molecule has 0 atom stereocenters. The molecule has 0 unspecified atom stereocenters. The molecule has 0 saturated heterocycles. The highest BCUT2D eigenvalue weighted by molar-refractivity contribution is 7.98. The molecule has 0 radical (unpaired) electrons. The minimum atomic E-state index is 0.549. The molecule has 0 aliphatic rings. The van der Waals surface area contributed by atoms with Gasteiger partial charge in [-0.3, -0.25) is 0 Å². The van der Waals surface area contributed by atoms with Gasteiger partial charge in [-0.15, -0.1) is 11.8 Å². The Bertz CT molecular complexity index is 505. The first kappa shape index (κ1) is 12.2. The molecule has 4 heteroatoms. The summed E-state index contributed by atoms with van der Waals surface area (Å²) in [6.07, 6.45) is 6.83. The summed E-state index contributed by atoms with van der Waals surface area (Å²) in [7, 11) is 0. The quantitative estimate of drug-likeness (QED) is 0.845. The molecule has 0 fully saturated rings. The normalized spacial score (nSPS) is 10.8. The van der Waals surface area contributed by atoms with Crippen molar-refractivity contribution < 1.29 is 0 Å². The van der Waals surface area contributed by atoms with Gasteiger partial charge >= 0.3 is 0 Å². The van der Waals surface area contributed by atoms with Gasteiger partial charge in [0, 0.05) is 35.8 Å². The van der Waals surface area contributed by atoms with Crippen molar-refractivity contribution in [2.75, 3.05) is 6.26 Å². The molecule has 90 valence electrons. The number of nitrogens with two attached hydrogens (primary N) is 1. The van der Waals surface area contributed by atoms with Crippen molar-refractivity contribution in [2.45, 2.75) is 24.8 Å². The number of hydrogen-bond donors (Lipinski definition) is 1. The summed E-state index contributed by atoms with van der Waals surface area (Å²) in [5.41, 5.74) is 8.21. The van der Waals surface area contributed by atoms with Crippen molar-refractivity contribution in [3.63, 3.8) is 0 Å². The molecule has 0 amide bonds. The highest BCUT2D eigenvalue weighted by Gasteiger charge is 2.10. The van der Waals surface area contributed by atoms with Crippen molar-refractivity contribution in [2.24, 2.45) is 5.73 Å². The number of aryl methyl sites for hydroxylation is 1. The number of aromatic nitrogens is 2. The highest BCUT2D eigenvalue weighted by Crippen LogP contribution is 2.26. The van der Waals surface area contributed by atoms with Crippen molar-refractivity contribution in [3.8, 4) is 5.69 Å². The molecule has 2 rings (SSSR count). The summed E-state index contributed by atoms with van der Waals surface area (Å²) < 4.78 is 2.13. The Labute approximate surface area is 106 Å². The summed E-state index contributed by atoms with van der Waals surface area (Å²) in [5, 5.41) is 0. The lowest BCUT2D eigenvalue weighted by molar-refractivity contribution is 0.867. The third-order valence-electron chi connectivity index (χ3n) is 2.83. The minimum absolute atomic E-state index is 0.549. The maximum absolute atomic E-state index is 5.88. The van der Waals surface area contributed by atoms with E-state index in [0.717, 1.165) is 17.9 Å². The predicted octanol–water partition coefficient (Wildman–Crippen LogP) is 2.62. The van der Waals surface area contributed by atoms with E-state index in [2.05, 4.69) is 40.9 Å². The number of imidazole rings is 1. The molecular weight excluding hydrogens is 230 g/mol. The van der Waals surface area contributed by atoms with Gasteiger partial charge in [-0.05, 0) is 18.4 Å². The van der Waals surface area contributed by atoms with Crippen molar-refractivity contribution in [1.29, 1.82) is 0 Å². The molecule has 0 aliphatic heterocycles. The van der Waals surface area contributed by atoms with E-state index in [9.17, 15) is 0 Å². The van der Waals surface area contributed by atoms with Crippen LogP contribution < -0.4 is 5.73 Å². The zero-order valence-corrected chi connectivity index (χ0v) is 11.0. The number of rotatable bonds is 4. The van der Waals surface area contributed by atoms with Gasteiger partial charge in [0.2, 0.25) is 0 Å². The van der Waals surface area contributed by atoms with Gasteiger partial charge in [0.15, 0.2) is 0 Å². The Balaban J connectivity index is 2.59. The lowest BCUT2D eigenvalue weighted by atomic mass is 10.1. The lowest BCUT2D eigenvalue weighted by Gasteiger charge is -2.14. The van der Waals surface area contributed by atoms with Crippen LogP contribution in [0.5, 0.6) is 0 Å². The number of thioether (sulfide) groups is 1. The molecule has 0 aliphatic carbocycles. The van der Waals surface area contributed by atoms with Gasteiger partial charge in [-0.1, -0.05) is 13.0 Å². The van der Waals surface area contributed by atoms with Gasteiger partial charge in [-0.25, -0.2) is 4.98 Å². The fraction of sp³-hybridized carbons (Fsp3) is 0.308. The Hall–Kier alpha value is -1.26. The maximum atomic E-state index is 5.88. The molecule has 0 spiro atoms. The second-order valence-corrected chi connectivity index (χ2v) is 4.58. The predicted molar refractivity (Wildman–Crippen MR) is 72.6 cm³/mol. The fourth-order valence-electron chi connectivity index (χ4n) is 1.99. The fourth-order valence-corrected chi connectivity index (χ4v) is 2.64. The summed E-state index contributed by atoms with van der Waals surface area (Å²) in [6.45, 7) is 2.66. The maximum Gasteiger partial charge on any atom is 0.112 e. The monoisotopic (exact) mass is 247 g/mol. The van der Waals surface area contributed by atoms with Crippen LogP contribution in [0.25, 0.3) is 5.69 Å². The standard InChI is InChI=1S/C13H17N3S/c1-3-13-15-7-8-16(13)11-5-4-6-12(17-2)10(11)9-14/h4-8H,3,9,14H2,1-2H3. The van der Waals surface area contributed by atoms with E-state index in [1.165, 1.54) is 10.5 Å². The lowest BCUT2D eigenvalue weighted by Crippen LogP contribution is -2.07. The van der Waals surface area contributed by atoms with Crippen LogP contribution >= 0.6 is 11.8 Å². The van der Waals surface area contributed by atoms with Crippen molar-refractivity contribution >= 4 is 11.8 Å². The Morgan fingerprint density at radius 3 is 2.88 bits per heavy atom. The van der Waals surface area contributed by atoms with E-state index in [4.69, 9.17) is 5.73 Å². The molecule has 0 bridgehead atoms. The van der Waals surface area contributed by atoms with E-state index in [1.807, 2.05) is 12.4 Å². The van der Waals surface area contributed by atoms with Crippen LogP contribution in [0, 0.1) is 0 Å². The second-order valence-electron chi connectivity index (χ2n) is 3.73. The topological polar surface area (TPSA) is 43.8 Å². The van der Waals surface area contributed by atoms with E-state index in [1.54, 1.807) is 11.8 Å². The molecule has 2 N–H and O–H groups in total. The average Bonchev–Trinajstić information content (AvgIpc) is 2.85. The Morgan fingerprint density at radius 1 is 1.41 bits per heavy atom. The summed E-state index contributed by atoms with van der Waals surface area (Å²) in [6, 6.07) is 6.28. The molecule has 2 aromatic rings. The second kappa shape index (κ2) is 5.38. The third-order valence-corrected chi connectivity index (χ3v) is 3.65. The van der Waals surface area contributed by atoms with E-state index < -0.39 is 0 Å². The van der Waals surface area contributed by atoms with Crippen LogP contribution in [-0.4, -0.2) is 15.8 Å². The van der Waals surface area contributed by atoms with E-state index >= 15 is 0 Å². The van der Waals surface area contributed by atoms with Crippen LogP contribution in [-0.2, 0) is 13.0 Å². The molecule has 3 nitrogen and oxygen atoms in total. The average molecular weight is 247 g/mol. The van der Waals surface area contributed by atoms with Gasteiger partial charge in [0.05, 0.1) is 5.69 Å².